The average molecular weight is 349 g/mol. The molecule has 0 aromatic carbocycles. The molecular weight excluding hydrogens is 322 g/mol. The molecule has 8 nitrogen and oxygen atoms in total. The maximum atomic E-state index is 12.5. The zero-order chi connectivity index (χ0) is 17.8. The number of likely N-dealkylation sites (tertiary alicyclic amines) is 1. The standard InChI is InChI=1S/C17H27N5O3/c1-13-11-15(20(2)19-13)18-16(23)12-21-5-3-14(4-6-21)17(24)22-7-9-25-10-8-22/h11,14H,3-10,12H2,1-2H3,(H,18,23). The largest absolute Gasteiger partial charge is 0.378 e. The van der Waals surface area contributed by atoms with Crippen LogP contribution in [0.1, 0.15) is 18.5 Å². The summed E-state index contributed by atoms with van der Waals surface area (Å²) in [5, 5.41) is 7.12. The van der Waals surface area contributed by atoms with Gasteiger partial charge in [-0.3, -0.25) is 19.2 Å². The highest BCUT2D eigenvalue weighted by Crippen LogP contribution is 2.20. The van der Waals surface area contributed by atoms with Gasteiger partial charge in [-0.25, -0.2) is 0 Å². The number of piperidine rings is 1. The average Bonchev–Trinajstić information content (AvgIpc) is 2.92. The van der Waals surface area contributed by atoms with Gasteiger partial charge in [0.2, 0.25) is 11.8 Å². The molecule has 0 bridgehead atoms. The van der Waals surface area contributed by atoms with Crippen molar-refractivity contribution >= 4 is 17.6 Å². The summed E-state index contributed by atoms with van der Waals surface area (Å²) < 4.78 is 6.97. The minimum Gasteiger partial charge on any atom is -0.378 e. The molecule has 0 aliphatic carbocycles. The number of hydrogen-bond acceptors (Lipinski definition) is 5. The number of ether oxygens (including phenoxy) is 1. The fourth-order valence-electron chi connectivity index (χ4n) is 3.49. The molecule has 25 heavy (non-hydrogen) atoms. The van der Waals surface area contributed by atoms with Crippen LogP contribution in [0.15, 0.2) is 6.07 Å². The summed E-state index contributed by atoms with van der Waals surface area (Å²) in [5.41, 5.74) is 0.875. The number of carbonyl (C=O) groups is 2. The van der Waals surface area contributed by atoms with Crippen molar-refractivity contribution in [3.05, 3.63) is 11.8 Å². The normalized spacial score (nSPS) is 19.8. The molecule has 1 N–H and O–H groups in total. The Labute approximate surface area is 148 Å². The Morgan fingerprint density at radius 1 is 1.24 bits per heavy atom. The molecule has 0 saturated carbocycles. The monoisotopic (exact) mass is 349 g/mol. The second kappa shape index (κ2) is 7.97. The van der Waals surface area contributed by atoms with E-state index in [0.717, 1.165) is 31.6 Å². The van der Waals surface area contributed by atoms with Crippen molar-refractivity contribution in [1.82, 2.24) is 19.6 Å². The number of rotatable bonds is 4. The van der Waals surface area contributed by atoms with Crippen LogP contribution < -0.4 is 5.32 Å². The fourth-order valence-corrected chi connectivity index (χ4v) is 3.49. The third kappa shape index (κ3) is 4.58. The van der Waals surface area contributed by atoms with Crippen molar-refractivity contribution < 1.29 is 14.3 Å². The van der Waals surface area contributed by atoms with Crippen molar-refractivity contribution in [2.24, 2.45) is 13.0 Å². The number of nitrogens with one attached hydrogen (secondary N) is 1. The van der Waals surface area contributed by atoms with Crippen molar-refractivity contribution in [3.8, 4) is 0 Å². The van der Waals surface area contributed by atoms with Crippen molar-refractivity contribution in [2.45, 2.75) is 19.8 Å². The summed E-state index contributed by atoms with van der Waals surface area (Å²) in [7, 11) is 1.81. The SMILES string of the molecule is Cc1cc(NC(=O)CN2CCC(C(=O)N3CCOCC3)CC2)n(C)n1. The first-order chi connectivity index (χ1) is 12.0. The molecular formula is C17H27N5O3. The van der Waals surface area contributed by atoms with Gasteiger partial charge in [-0.05, 0) is 32.9 Å². The molecule has 2 fully saturated rings. The molecule has 3 rings (SSSR count). The van der Waals surface area contributed by atoms with E-state index in [-0.39, 0.29) is 17.7 Å². The van der Waals surface area contributed by atoms with Crippen molar-refractivity contribution in [1.29, 1.82) is 0 Å². The van der Waals surface area contributed by atoms with E-state index in [1.165, 1.54) is 0 Å². The van der Waals surface area contributed by atoms with Gasteiger partial charge in [0.15, 0.2) is 0 Å². The maximum absolute atomic E-state index is 12.5. The first kappa shape index (κ1) is 17.9. The van der Waals surface area contributed by atoms with E-state index in [2.05, 4.69) is 15.3 Å². The van der Waals surface area contributed by atoms with Gasteiger partial charge in [-0.15, -0.1) is 0 Å². The smallest absolute Gasteiger partial charge is 0.239 e. The van der Waals surface area contributed by atoms with Crippen LogP contribution >= 0.6 is 0 Å². The number of nitrogens with zero attached hydrogens (tertiary/aromatic N) is 4. The molecule has 2 aliphatic rings. The van der Waals surface area contributed by atoms with Gasteiger partial charge in [0, 0.05) is 32.1 Å². The lowest BCUT2D eigenvalue weighted by molar-refractivity contribution is -0.141. The first-order valence-corrected chi connectivity index (χ1v) is 8.92. The fraction of sp³-hybridized carbons (Fsp3) is 0.706. The van der Waals surface area contributed by atoms with Crippen LogP contribution in [0.3, 0.4) is 0 Å². The van der Waals surface area contributed by atoms with Gasteiger partial charge < -0.3 is 15.0 Å². The summed E-state index contributed by atoms with van der Waals surface area (Å²) in [6.07, 6.45) is 1.63. The Hall–Kier alpha value is -1.93. The van der Waals surface area contributed by atoms with Crippen molar-refractivity contribution in [2.75, 3.05) is 51.3 Å². The molecule has 1 aromatic heterocycles. The highest BCUT2D eigenvalue weighted by atomic mass is 16.5. The minimum absolute atomic E-state index is 0.0408. The number of hydrogen-bond donors (Lipinski definition) is 1. The van der Waals surface area contributed by atoms with Crippen LogP contribution in [0, 0.1) is 12.8 Å². The summed E-state index contributed by atoms with van der Waals surface area (Å²) >= 11 is 0. The van der Waals surface area contributed by atoms with E-state index >= 15 is 0 Å². The second-order valence-electron chi connectivity index (χ2n) is 6.83. The molecule has 0 atom stereocenters. The highest BCUT2D eigenvalue weighted by Gasteiger charge is 2.29. The van der Waals surface area contributed by atoms with Gasteiger partial charge >= 0.3 is 0 Å². The Kier molecular flexibility index (Phi) is 5.70. The molecule has 0 unspecified atom stereocenters. The minimum atomic E-state index is -0.0408. The zero-order valence-electron chi connectivity index (χ0n) is 15.0. The molecule has 8 heteroatoms. The van der Waals surface area contributed by atoms with Gasteiger partial charge in [-0.1, -0.05) is 0 Å². The molecule has 2 aliphatic heterocycles. The topological polar surface area (TPSA) is 79.7 Å². The number of aryl methyl sites for hydroxylation is 2. The van der Waals surface area contributed by atoms with E-state index in [4.69, 9.17) is 4.74 Å². The molecule has 138 valence electrons. The highest BCUT2D eigenvalue weighted by molar-refractivity contribution is 5.91. The lowest BCUT2D eigenvalue weighted by Gasteiger charge is -2.35. The Morgan fingerprint density at radius 3 is 2.52 bits per heavy atom. The van der Waals surface area contributed by atoms with Gasteiger partial charge in [0.1, 0.15) is 5.82 Å². The molecule has 0 spiro atoms. The Morgan fingerprint density at radius 2 is 1.92 bits per heavy atom. The van der Waals surface area contributed by atoms with E-state index < -0.39 is 0 Å². The van der Waals surface area contributed by atoms with Crippen LogP contribution in [0.5, 0.6) is 0 Å². The van der Waals surface area contributed by atoms with E-state index in [1.54, 1.807) is 4.68 Å². The zero-order valence-corrected chi connectivity index (χ0v) is 15.0. The van der Waals surface area contributed by atoms with Gasteiger partial charge in [0.05, 0.1) is 25.5 Å². The lowest BCUT2D eigenvalue weighted by atomic mass is 9.95. The predicted molar refractivity (Wildman–Crippen MR) is 93.1 cm³/mol. The second-order valence-corrected chi connectivity index (χ2v) is 6.83. The van der Waals surface area contributed by atoms with E-state index in [1.807, 2.05) is 24.9 Å². The molecule has 2 saturated heterocycles. The van der Waals surface area contributed by atoms with Crippen LogP contribution in [0.25, 0.3) is 0 Å². The van der Waals surface area contributed by atoms with Gasteiger partial charge in [-0.2, -0.15) is 5.10 Å². The predicted octanol–water partition coefficient (Wildman–Crippen LogP) is 0.238. The molecule has 2 amide bonds. The van der Waals surface area contributed by atoms with Gasteiger partial charge in [0.25, 0.3) is 0 Å². The maximum Gasteiger partial charge on any atom is 0.239 e. The quantitative estimate of drug-likeness (QED) is 0.842. The Balaban J connectivity index is 1.43. The van der Waals surface area contributed by atoms with Crippen molar-refractivity contribution in [3.63, 3.8) is 0 Å². The summed E-state index contributed by atoms with van der Waals surface area (Å²) in [6.45, 7) is 6.47. The number of aromatic nitrogens is 2. The summed E-state index contributed by atoms with van der Waals surface area (Å²) in [4.78, 5) is 28.8. The number of amides is 2. The molecule has 1 aromatic rings. The lowest BCUT2D eigenvalue weighted by Crippen LogP contribution is -2.47. The number of carbonyl (C=O) groups excluding carboxylic acids is 2. The third-order valence-electron chi connectivity index (χ3n) is 4.90. The van der Waals surface area contributed by atoms with Crippen LogP contribution in [0.2, 0.25) is 0 Å². The molecule has 3 heterocycles. The number of morpholine rings is 1. The molecule has 0 radical (unpaired) electrons. The first-order valence-electron chi connectivity index (χ1n) is 8.92. The summed E-state index contributed by atoms with van der Waals surface area (Å²) in [5.74, 6) is 0.996. The van der Waals surface area contributed by atoms with E-state index in [0.29, 0.717) is 38.7 Å². The number of anilines is 1. The third-order valence-corrected chi connectivity index (χ3v) is 4.90. The van der Waals surface area contributed by atoms with Crippen LogP contribution in [-0.4, -0.2) is 77.3 Å². The van der Waals surface area contributed by atoms with E-state index in [9.17, 15) is 9.59 Å². The summed E-state index contributed by atoms with van der Waals surface area (Å²) in [6, 6.07) is 1.85. The van der Waals surface area contributed by atoms with Crippen LogP contribution in [0.4, 0.5) is 5.82 Å². The Bertz CT molecular complexity index is 616. The van der Waals surface area contributed by atoms with Crippen LogP contribution in [-0.2, 0) is 21.4 Å².